The highest BCUT2D eigenvalue weighted by Crippen LogP contribution is 2.07. The highest BCUT2D eigenvalue weighted by Gasteiger charge is 2.09. The van der Waals surface area contributed by atoms with Crippen molar-refractivity contribution in [3.05, 3.63) is 30.3 Å². The molecule has 18 heavy (non-hydrogen) atoms. The number of sulfonamides is 1. The molecule has 1 rings (SSSR count). The van der Waals surface area contributed by atoms with Gasteiger partial charge >= 0.3 is 6.09 Å². The van der Waals surface area contributed by atoms with Gasteiger partial charge in [0, 0.05) is 13.1 Å². The Kier molecular flexibility index (Phi) is 5.60. The molecule has 1 aromatic carbocycles. The molecule has 0 unspecified atom stereocenters. The zero-order chi connectivity index (χ0) is 13.4. The minimum absolute atomic E-state index is 0.000992. The van der Waals surface area contributed by atoms with E-state index in [2.05, 4.69) is 10.0 Å². The average Bonchev–Trinajstić information content (AvgIpc) is 2.29. The van der Waals surface area contributed by atoms with E-state index < -0.39 is 16.1 Å². The molecule has 0 saturated heterocycles. The lowest BCUT2D eigenvalue weighted by atomic mass is 10.3. The Morgan fingerprint density at radius 3 is 2.56 bits per heavy atom. The maximum Gasteiger partial charge on any atom is 0.412 e. The van der Waals surface area contributed by atoms with Crippen molar-refractivity contribution in [2.75, 3.05) is 18.8 Å². The van der Waals surface area contributed by atoms with Gasteiger partial charge in [0.05, 0.1) is 5.75 Å². The molecular weight excluding hydrogens is 256 g/mol. The van der Waals surface area contributed by atoms with Crippen LogP contribution in [-0.2, 0) is 10.0 Å². The van der Waals surface area contributed by atoms with Crippen molar-refractivity contribution in [3.8, 4) is 5.75 Å². The average molecular weight is 272 g/mol. The molecule has 0 heterocycles. The number of ether oxygens (including phenoxy) is 1. The highest BCUT2D eigenvalue weighted by molar-refractivity contribution is 7.89. The lowest BCUT2D eigenvalue weighted by molar-refractivity contribution is 0.201. The predicted octanol–water partition coefficient (Wildman–Crippen LogP) is 0.714. The Bertz CT molecular complexity index is 473. The molecule has 0 atom stereocenters. The highest BCUT2D eigenvalue weighted by atomic mass is 32.2. The summed E-state index contributed by atoms with van der Waals surface area (Å²) in [4.78, 5) is 11.3. The van der Waals surface area contributed by atoms with E-state index in [0.717, 1.165) is 0 Å². The zero-order valence-electron chi connectivity index (χ0n) is 10.0. The number of amides is 1. The van der Waals surface area contributed by atoms with Crippen LogP contribution in [0.5, 0.6) is 5.75 Å². The summed E-state index contributed by atoms with van der Waals surface area (Å²) in [7, 11) is -3.32. The fourth-order valence-corrected chi connectivity index (χ4v) is 2.17. The third-order valence-electron chi connectivity index (χ3n) is 1.96. The van der Waals surface area contributed by atoms with Gasteiger partial charge in [-0.25, -0.2) is 17.9 Å². The molecule has 1 aromatic rings. The van der Waals surface area contributed by atoms with Crippen molar-refractivity contribution in [3.63, 3.8) is 0 Å². The molecule has 0 aliphatic heterocycles. The first-order valence-corrected chi connectivity index (χ1v) is 7.17. The van der Waals surface area contributed by atoms with Crippen LogP contribution in [0.3, 0.4) is 0 Å². The van der Waals surface area contributed by atoms with E-state index in [0.29, 0.717) is 12.3 Å². The molecule has 0 spiro atoms. The van der Waals surface area contributed by atoms with E-state index in [1.807, 2.05) is 0 Å². The summed E-state index contributed by atoms with van der Waals surface area (Å²) in [6.07, 6.45) is -0.673. The summed E-state index contributed by atoms with van der Waals surface area (Å²) in [5.41, 5.74) is 0. The third-order valence-corrected chi connectivity index (χ3v) is 3.43. The van der Waals surface area contributed by atoms with E-state index in [-0.39, 0.29) is 12.3 Å². The second-order valence-electron chi connectivity index (χ2n) is 3.45. The molecule has 100 valence electrons. The number of para-hydroxylation sites is 1. The molecular formula is C11H16N2O4S. The largest absolute Gasteiger partial charge is 0.412 e. The Labute approximate surface area is 106 Å². The summed E-state index contributed by atoms with van der Waals surface area (Å²) in [5, 5.41) is 2.37. The minimum Gasteiger partial charge on any atom is -0.410 e. The van der Waals surface area contributed by atoms with Gasteiger partial charge in [0.1, 0.15) is 5.75 Å². The number of benzene rings is 1. The summed E-state index contributed by atoms with van der Waals surface area (Å²) in [5.74, 6) is 0.231. The van der Waals surface area contributed by atoms with Crippen molar-refractivity contribution in [2.24, 2.45) is 0 Å². The van der Waals surface area contributed by atoms with Crippen molar-refractivity contribution in [2.45, 2.75) is 6.92 Å². The SMILES string of the molecule is CCNS(=O)(=O)CCNC(=O)Oc1ccccc1. The van der Waals surface area contributed by atoms with Gasteiger partial charge in [0.25, 0.3) is 0 Å². The van der Waals surface area contributed by atoms with E-state index in [9.17, 15) is 13.2 Å². The summed E-state index contributed by atoms with van der Waals surface area (Å²) < 4.78 is 29.8. The molecule has 0 fully saturated rings. The van der Waals surface area contributed by atoms with Gasteiger partial charge in [-0.1, -0.05) is 25.1 Å². The molecule has 0 radical (unpaired) electrons. The number of carbonyl (C=O) groups is 1. The van der Waals surface area contributed by atoms with Gasteiger partial charge in [0.15, 0.2) is 0 Å². The molecule has 0 aromatic heterocycles. The second kappa shape index (κ2) is 6.97. The van der Waals surface area contributed by atoms with Gasteiger partial charge in [-0.2, -0.15) is 0 Å². The molecule has 0 aliphatic carbocycles. The van der Waals surface area contributed by atoms with Crippen LogP contribution < -0.4 is 14.8 Å². The molecule has 2 N–H and O–H groups in total. The topological polar surface area (TPSA) is 84.5 Å². The van der Waals surface area contributed by atoms with Gasteiger partial charge in [-0.15, -0.1) is 0 Å². The zero-order valence-corrected chi connectivity index (χ0v) is 10.9. The molecule has 0 saturated carbocycles. The molecule has 7 heteroatoms. The Hall–Kier alpha value is -1.60. The summed E-state index contributed by atoms with van der Waals surface area (Å²) >= 11 is 0. The number of hydrogen-bond acceptors (Lipinski definition) is 4. The molecule has 6 nitrogen and oxygen atoms in total. The number of carbonyl (C=O) groups excluding carboxylic acids is 1. The molecule has 1 amide bonds. The second-order valence-corrected chi connectivity index (χ2v) is 5.37. The van der Waals surface area contributed by atoms with Gasteiger partial charge in [-0.05, 0) is 12.1 Å². The van der Waals surface area contributed by atoms with Crippen molar-refractivity contribution < 1.29 is 17.9 Å². The Morgan fingerprint density at radius 1 is 1.28 bits per heavy atom. The van der Waals surface area contributed by atoms with Gasteiger partial charge < -0.3 is 10.1 Å². The van der Waals surface area contributed by atoms with Crippen molar-refractivity contribution >= 4 is 16.1 Å². The van der Waals surface area contributed by atoms with Gasteiger partial charge in [-0.3, -0.25) is 0 Å². The third kappa shape index (κ3) is 5.65. The van der Waals surface area contributed by atoms with Crippen molar-refractivity contribution in [1.82, 2.24) is 10.0 Å². The van der Waals surface area contributed by atoms with Crippen LogP contribution in [0.4, 0.5) is 4.79 Å². The molecule has 0 bridgehead atoms. The maximum atomic E-state index is 11.3. The van der Waals surface area contributed by atoms with E-state index in [4.69, 9.17) is 4.74 Å². The van der Waals surface area contributed by atoms with Crippen molar-refractivity contribution in [1.29, 1.82) is 0 Å². The predicted molar refractivity (Wildman–Crippen MR) is 67.9 cm³/mol. The molecule has 0 aliphatic rings. The van der Waals surface area contributed by atoms with Crippen LogP contribution in [0.1, 0.15) is 6.92 Å². The monoisotopic (exact) mass is 272 g/mol. The smallest absolute Gasteiger partial charge is 0.410 e. The fourth-order valence-electron chi connectivity index (χ4n) is 1.21. The normalized spacial score (nSPS) is 10.9. The van der Waals surface area contributed by atoms with Crippen LogP contribution in [0.25, 0.3) is 0 Å². The van der Waals surface area contributed by atoms with E-state index >= 15 is 0 Å². The summed E-state index contributed by atoms with van der Waals surface area (Å²) in [6.45, 7) is 2.02. The van der Waals surface area contributed by atoms with Crippen LogP contribution in [-0.4, -0.2) is 33.4 Å². The van der Waals surface area contributed by atoms with Crippen LogP contribution in [0.15, 0.2) is 30.3 Å². The minimum atomic E-state index is -3.32. The Morgan fingerprint density at radius 2 is 1.94 bits per heavy atom. The standard InChI is InChI=1S/C11H16N2O4S/c1-2-13-18(15,16)9-8-12-11(14)17-10-6-4-3-5-7-10/h3-7,13H,2,8-9H2,1H3,(H,12,14). The lowest BCUT2D eigenvalue weighted by Gasteiger charge is -2.07. The summed E-state index contributed by atoms with van der Waals surface area (Å²) in [6, 6.07) is 8.54. The first-order chi connectivity index (χ1) is 8.53. The lowest BCUT2D eigenvalue weighted by Crippen LogP contribution is -2.35. The quantitative estimate of drug-likeness (QED) is 0.799. The first kappa shape index (κ1) is 14.5. The van der Waals surface area contributed by atoms with Crippen LogP contribution >= 0.6 is 0 Å². The van der Waals surface area contributed by atoms with E-state index in [1.54, 1.807) is 37.3 Å². The first-order valence-electron chi connectivity index (χ1n) is 5.51. The number of hydrogen-bond donors (Lipinski definition) is 2. The van der Waals surface area contributed by atoms with Crippen LogP contribution in [0, 0.1) is 0 Å². The fraction of sp³-hybridized carbons (Fsp3) is 0.364. The van der Waals surface area contributed by atoms with Crippen LogP contribution in [0.2, 0.25) is 0 Å². The van der Waals surface area contributed by atoms with E-state index in [1.165, 1.54) is 0 Å². The number of rotatable bonds is 6. The number of nitrogens with one attached hydrogen (secondary N) is 2. The maximum absolute atomic E-state index is 11.3. The van der Waals surface area contributed by atoms with Gasteiger partial charge in [0.2, 0.25) is 10.0 Å². The Balaban J connectivity index is 2.30.